The fourth-order valence-corrected chi connectivity index (χ4v) is 5.27. The highest BCUT2D eigenvalue weighted by molar-refractivity contribution is 7.80. The molecule has 264 valence electrons. The Morgan fingerprint density at radius 3 is 1.67 bits per heavy atom. The maximum Gasteiger partial charge on any atom is 0.244 e. The third-order valence-corrected chi connectivity index (χ3v) is 8.14. The first-order chi connectivity index (χ1) is 23.2. The first kappa shape index (κ1) is 38.3. The van der Waals surface area contributed by atoms with Crippen LogP contribution in [0.25, 0.3) is 0 Å². The van der Waals surface area contributed by atoms with Gasteiger partial charge in [-0.1, -0.05) is 56.3 Å². The molecule has 0 aromatic heterocycles. The van der Waals surface area contributed by atoms with E-state index in [-0.39, 0.29) is 24.3 Å². The van der Waals surface area contributed by atoms with Crippen LogP contribution in [-0.4, -0.2) is 88.5 Å². The van der Waals surface area contributed by atoms with Crippen LogP contribution in [0.15, 0.2) is 54.6 Å². The Kier molecular flexibility index (Phi) is 14.0. The molecule has 15 nitrogen and oxygen atoms in total. The van der Waals surface area contributed by atoms with Crippen molar-refractivity contribution in [2.24, 2.45) is 11.7 Å². The quantitative estimate of drug-likeness (QED) is 0.148. The molecule has 0 radical (unpaired) electrons. The molecule has 16 heteroatoms. The normalized spacial score (nSPS) is 24.7. The van der Waals surface area contributed by atoms with Gasteiger partial charge < -0.3 is 42.7 Å². The molecule has 0 spiro atoms. The number of aromatic hydroxyl groups is 1. The summed E-state index contributed by atoms with van der Waals surface area (Å²) in [5.41, 5.74) is 6.61. The van der Waals surface area contributed by atoms with E-state index in [1.807, 2.05) is 0 Å². The number of hydrogen-bond donors (Lipinski definition) is 9. The van der Waals surface area contributed by atoms with Crippen molar-refractivity contribution >= 4 is 54.0 Å². The number of benzene rings is 2. The summed E-state index contributed by atoms with van der Waals surface area (Å²) in [6.45, 7) is 4.67. The van der Waals surface area contributed by atoms with Crippen molar-refractivity contribution in [3.63, 3.8) is 0 Å². The van der Waals surface area contributed by atoms with Gasteiger partial charge in [0.2, 0.25) is 41.4 Å². The number of primary amides is 1. The Hall–Kier alpha value is -5.12. The van der Waals surface area contributed by atoms with Gasteiger partial charge in [0.25, 0.3) is 0 Å². The zero-order valence-corrected chi connectivity index (χ0v) is 28.3. The number of carbonyl (C=O) groups is 7. The van der Waals surface area contributed by atoms with Crippen molar-refractivity contribution in [2.45, 2.75) is 76.3 Å². The Balaban J connectivity index is 2.07. The van der Waals surface area contributed by atoms with Gasteiger partial charge in [-0.3, -0.25) is 33.6 Å². The third-order valence-electron chi connectivity index (χ3n) is 7.78. The SMILES string of the molecule is CC(C)[C@@H]1NC(=O)[C@H](CC(N)=O)NC(=O)[C@H](Cc2ccccc2)NC(=O)[C@H](Cc2ccc(O)cc2)NC(=O)[C@H](C)NC(=O)[C@H](CS)NC1=O. The van der Waals surface area contributed by atoms with Crippen LogP contribution in [0.3, 0.4) is 0 Å². The molecule has 0 saturated carbocycles. The standard InChI is InChI=1S/C33H43N7O8S/c1-17(2)27-33(48)39-25(16-49)32(47)35-18(3)28(43)36-22(14-20-9-11-21(41)12-10-20)29(44)37-23(13-19-7-5-4-6-8-19)30(45)38-24(15-26(34)42)31(46)40-27/h4-12,17-18,22-25,27,41,49H,13-16H2,1-3H3,(H2,34,42)(H,35,47)(H,36,43)(H,37,44)(H,38,45)(H,39,48)(H,40,46)/t18-,22-,23-,24-,25-,27-/m0/s1. The van der Waals surface area contributed by atoms with Crippen LogP contribution in [0.5, 0.6) is 5.75 Å². The van der Waals surface area contributed by atoms with Crippen LogP contribution in [0.4, 0.5) is 0 Å². The van der Waals surface area contributed by atoms with Crippen molar-refractivity contribution < 1.29 is 38.7 Å². The van der Waals surface area contributed by atoms with Crippen molar-refractivity contribution in [1.82, 2.24) is 31.9 Å². The summed E-state index contributed by atoms with van der Waals surface area (Å²) in [6, 6.07) is 6.86. The minimum absolute atomic E-state index is 0.0158. The second kappa shape index (κ2) is 17.9. The highest BCUT2D eigenvalue weighted by Gasteiger charge is 2.35. The Morgan fingerprint density at radius 1 is 0.673 bits per heavy atom. The molecule has 1 heterocycles. The minimum atomic E-state index is -1.54. The Labute approximate surface area is 289 Å². The van der Waals surface area contributed by atoms with Crippen molar-refractivity contribution in [2.75, 3.05) is 5.75 Å². The molecule has 2 aromatic rings. The van der Waals surface area contributed by atoms with Crippen LogP contribution in [0.1, 0.15) is 38.3 Å². The van der Waals surface area contributed by atoms with Gasteiger partial charge >= 0.3 is 0 Å². The fraction of sp³-hybridized carbons (Fsp3) is 0.424. The number of amides is 7. The summed E-state index contributed by atoms with van der Waals surface area (Å²) < 4.78 is 0. The minimum Gasteiger partial charge on any atom is -0.508 e. The maximum absolute atomic E-state index is 13.9. The zero-order valence-electron chi connectivity index (χ0n) is 27.4. The fourth-order valence-electron chi connectivity index (χ4n) is 5.01. The lowest BCUT2D eigenvalue weighted by atomic mass is 10.0. The molecule has 2 aromatic carbocycles. The van der Waals surface area contributed by atoms with Gasteiger partial charge in [-0.15, -0.1) is 0 Å². The van der Waals surface area contributed by atoms with Crippen molar-refractivity contribution in [3.05, 3.63) is 65.7 Å². The molecule has 0 aliphatic carbocycles. The molecule has 1 saturated heterocycles. The molecule has 1 aliphatic rings. The van der Waals surface area contributed by atoms with Crippen LogP contribution in [0.2, 0.25) is 0 Å². The number of phenolic OH excluding ortho intramolecular Hbond substituents is 1. The van der Waals surface area contributed by atoms with Gasteiger partial charge in [0.15, 0.2) is 0 Å². The lowest BCUT2D eigenvalue weighted by Crippen LogP contribution is -2.62. The smallest absolute Gasteiger partial charge is 0.244 e. The molecule has 7 amide bonds. The van der Waals surface area contributed by atoms with E-state index >= 15 is 0 Å². The Bertz CT molecular complexity index is 1520. The molecule has 49 heavy (non-hydrogen) atoms. The summed E-state index contributed by atoms with van der Waals surface area (Å²) in [5, 5.41) is 25.1. The highest BCUT2D eigenvalue weighted by Crippen LogP contribution is 2.13. The van der Waals surface area contributed by atoms with Gasteiger partial charge in [-0.25, -0.2) is 0 Å². The van der Waals surface area contributed by atoms with Gasteiger partial charge in [0.1, 0.15) is 42.0 Å². The zero-order chi connectivity index (χ0) is 36.2. The molecule has 9 N–H and O–H groups in total. The number of carbonyl (C=O) groups excluding carboxylic acids is 7. The largest absolute Gasteiger partial charge is 0.508 e. The van der Waals surface area contributed by atoms with Crippen LogP contribution >= 0.6 is 12.6 Å². The third kappa shape index (κ3) is 11.5. The first-order valence-corrected chi connectivity index (χ1v) is 16.3. The number of nitrogens with one attached hydrogen (secondary N) is 6. The second-order valence-electron chi connectivity index (χ2n) is 12.1. The average Bonchev–Trinajstić information content (AvgIpc) is 3.05. The monoisotopic (exact) mass is 697 g/mol. The summed E-state index contributed by atoms with van der Waals surface area (Å²) in [6.07, 6.45) is -0.746. The van der Waals surface area contributed by atoms with E-state index in [0.717, 1.165) is 0 Å². The topological polar surface area (TPSA) is 238 Å². The van der Waals surface area contributed by atoms with Crippen LogP contribution < -0.4 is 37.6 Å². The molecule has 1 fully saturated rings. The van der Waals surface area contributed by atoms with E-state index in [1.165, 1.54) is 19.1 Å². The maximum atomic E-state index is 13.9. The number of hydrogen-bond acceptors (Lipinski definition) is 9. The molecule has 0 unspecified atom stereocenters. The van der Waals surface area contributed by atoms with E-state index in [9.17, 15) is 38.7 Å². The second-order valence-corrected chi connectivity index (χ2v) is 12.5. The molecular weight excluding hydrogens is 654 g/mol. The van der Waals surface area contributed by atoms with E-state index < -0.39 is 89.9 Å². The number of nitrogens with two attached hydrogens (primary N) is 1. The summed E-state index contributed by atoms with van der Waals surface area (Å²) >= 11 is 4.17. The molecule has 3 rings (SSSR count). The van der Waals surface area contributed by atoms with E-state index in [4.69, 9.17) is 5.73 Å². The lowest BCUT2D eigenvalue weighted by molar-refractivity contribution is -0.137. The summed E-state index contributed by atoms with van der Waals surface area (Å²) in [7, 11) is 0. The van der Waals surface area contributed by atoms with Crippen LogP contribution in [-0.2, 0) is 46.4 Å². The molecule has 6 atom stereocenters. The molecular formula is C33H43N7O8S. The first-order valence-electron chi connectivity index (χ1n) is 15.7. The predicted molar refractivity (Wildman–Crippen MR) is 182 cm³/mol. The van der Waals surface area contributed by atoms with E-state index in [1.54, 1.807) is 56.3 Å². The van der Waals surface area contributed by atoms with Gasteiger partial charge in [-0.05, 0) is 36.1 Å². The van der Waals surface area contributed by atoms with Crippen LogP contribution in [0, 0.1) is 5.92 Å². The number of thiol groups is 1. The van der Waals surface area contributed by atoms with Gasteiger partial charge in [0.05, 0.1) is 6.42 Å². The average molecular weight is 698 g/mol. The predicted octanol–water partition coefficient (Wildman–Crippen LogP) is -1.42. The summed E-state index contributed by atoms with van der Waals surface area (Å²) in [5.74, 6) is -6.36. The Morgan fingerprint density at radius 2 is 1.14 bits per heavy atom. The van der Waals surface area contributed by atoms with E-state index in [2.05, 4.69) is 44.5 Å². The number of rotatable bonds is 8. The van der Waals surface area contributed by atoms with Crippen molar-refractivity contribution in [1.29, 1.82) is 0 Å². The number of phenols is 1. The lowest BCUT2D eigenvalue weighted by Gasteiger charge is -2.29. The molecule has 0 bridgehead atoms. The molecule has 1 aliphatic heterocycles. The van der Waals surface area contributed by atoms with E-state index in [0.29, 0.717) is 11.1 Å². The highest BCUT2D eigenvalue weighted by atomic mass is 32.1. The van der Waals surface area contributed by atoms with Crippen molar-refractivity contribution in [3.8, 4) is 5.75 Å². The van der Waals surface area contributed by atoms with Gasteiger partial charge in [-0.2, -0.15) is 12.6 Å². The van der Waals surface area contributed by atoms with Gasteiger partial charge in [0, 0.05) is 18.6 Å². The summed E-state index contributed by atoms with van der Waals surface area (Å²) in [4.78, 5) is 93.0.